The molecule has 125 valence electrons. The molecule has 4 nitrogen and oxygen atoms in total. The van der Waals surface area contributed by atoms with Crippen LogP contribution >= 0.6 is 0 Å². The van der Waals surface area contributed by atoms with Crippen LogP contribution in [0.4, 0.5) is 0 Å². The first-order valence-electron chi connectivity index (χ1n) is 7.73. The summed E-state index contributed by atoms with van der Waals surface area (Å²) in [5.41, 5.74) is 5.83. The van der Waals surface area contributed by atoms with Crippen LogP contribution in [0.5, 0.6) is 0 Å². The molecule has 4 aromatic rings. The Morgan fingerprint density at radius 2 is 1.84 bits per heavy atom. The minimum Gasteiger partial charge on any atom is -0.304 e. The van der Waals surface area contributed by atoms with Gasteiger partial charge in [0, 0.05) is 31.9 Å². The number of aryl methyl sites for hydroxylation is 1. The summed E-state index contributed by atoms with van der Waals surface area (Å²) in [5.74, 6) is 0. The van der Waals surface area contributed by atoms with E-state index in [-0.39, 0.29) is 20.1 Å². The third kappa shape index (κ3) is 3.58. The number of benzene rings is 2. The molecule has 0 aliphatic heterocycles. The molecular weight excluding hydrogens is 488 g/mol. The average molecular weight is 504 g/mol. The van der Waals surface area contributed by atoms with E-state index >= 15 is 0 Å². The Labute approximate surface area is 159 Å². The van der Waals surface area contributed by atoms with Crippen molar-refractivity contribution in [3.63, 3.8) is 0 Å². The molecule has 4 rings (SSSR count). The van der Waals surface area contributed by atoms with Crippen molar-refractivity contribution in [2.24, 2.45) is 0 Å². The van der Waals surface area contributed by atoms with Crippen molar-refractivity contribution in [3.8, 4) is 28.2 Å². The zero-order valence-corrected chi connectivity index (χ0v) is 15.9. The van der Waals surface area contributed by atoms with Gasteiger partial charge in [0.15, 0.2) is 0 Å². The summed E-state index contributed by atoms with van der Waals surface area (Å²) in [6.07, 6.45) is 3.73. The topological polar surface area (TPSA) is 43.6 Å². The van der Waals surface area contributed by atoms with Crippen LogP contribution in [0.25, 0.3) is 28.2 Å². The Morgan fingerprint density at radius 3 is 2.64 bits per heavy atom. The van der Waals surface area contributed by atoms with Crippen LogP contribution in [0.15, 0.2) is 73.1 Å². The molecule has 0 aliphatic carbocycles. The Bertz CT molecular complexity index is 980. The molecule has 0 aliphatic rings. The fourth-order valence-electron chi connectivity index (χ4n) is 2.63. The maximum Gasteiger partial charge on any atom is 0.113 e. The van der Waals surface area contributed by atoms with E-state index in [2.05, 4.69) is 21.4 Å². The second-order valence-electron chi connectivity index (χ2n) is 5.54. The molecule has 2 heterocycles. The van der Waals surface area contributed by atoms with Crippen molar-refractivity contribution in [1.82, 2.24) is 20.0 Å². The smallest absolute Gasteiger partial charge is 0.113 e. The molecule has 0 fully saturated rings. The Kier molecular flexibility index (Phi) is 5.17. The largest absolute Gasteiger partial charge is 0.304 e. The molecule has 0 bridgehead atoms. The summed E-state index contributed by atoms with van der Waals surface area (Å²) >= 11 is 0. The van der Waals surface area contributed by atoms with Crippen molar-refractivity contribution in [1.29, 1.82) is 0 Å². The summed E-state index contributed by atoms with van der Waals surface area (Å²) in [7, 11) is 0. The molecule has 5 heteroatoms. The molecule has 2 aromatic heterocycles. The van der Waals surface area contributed by atoms with Gasteiger partial charge in [-0.2, -0.15) is 0 Å². The van der Waals surface area contributed by atoms with Crippen LogP contribution in [0, 0.1) is 13.0 Å². The van der Waals surface area contributed by atoms with Gasteiger partial charge in [-0.25, -0.2) is 4.68 Å². The minimum atomic E-state index is 0. The predicted molar refractivity (Wildman–Crippen MR) is 93.6 cm³/mol. The van der Waals surface area contributed by atoms with E-state index < -0.39 is 0 Å². The molecule has 2 aromatic carbocycles. The number of hydrogen-bond acceptors (Lipinski definition) is 3. The van der Waals surface area contributed by atoms with Crippen molar-refractivity contribution >= 4 is 0 Å². The average Bonchev–Trinajstić information content (AvgIpc) is 3.13. The standard InChI is InChI=1S/C20H15N4.Ir/c1-15-7-6-12-21-20(15)17-10-5-11-18(13-17)24-14-19(22-23-24)16-8-3-2-4-9-16;/h2-9,11-14H,1H3;/q-1;. The van der Waals surface area contributed by atoms with Gasteiger partial charge in [0.25, 0.3) is 0 Å². The third-order valence-corrected chi connectivity index (χ3v) is 3.88. The van der Waals surface area contributed by atoms with Crippen molar-refractivity contribution < 1.29 is 20.1 Å². The second-order valence-corrected chi connectivity index (χ2v) is 5.54. The maximum absolute atomic E-state index is 4.46. The van der Waals surface area contributed by atoms with Gasteiger partial charge in [0.05, 0.1) is 6.20 Å². The first kappa shape index (κ1) is 17.2. The SMILES string of the molecule is Cc1cccnc1-c1[c-]ccc(-n2cc(-c3ccccc3)nn2)c1.[Ir]. The van der Waals surface area contributed by atoms with Gasteiger partial charge in [0.2, 0.25) is 0 Å². The molecule has 0 saturated heterocycles. The van der Waals surface area contributed by atoms with Gasteiger partial charge in [0.1, 0.15) is 5.69 Å². The van der Waals surface area contributed by atoms with Gasteiger partial charge in [-0.05, 0) is 24.4 Å². The van der Waals surface area contributed by atoms with E-state index in [9.17, 15) is 0 Å². The summed E-state index contributed by atoms with van der Waals surface area (Å²) in [4.78, 5) is 4.46. The Hall–Kier alpha value is -2.62. The molecule has 0 atom stereocenters. The van der Waals surface area contributed by atoms with E-state index in [0.717, 1.165) is 33.8 Å². The van der Waals surface area contributed by atoms with Crippen LogP contribution in [0.1, 0.15) is 5.56 Å². The van der Waals surface area contributed by atoms with Crippen LogP contribution in [-0.4, -0.2) is 20.0 Å². The summed E-state index contributed by atoms with van der Waals surface area (Å²) in [6, 6.07) is 23.1. The monoisotopic (exact) mass is 504 g/mol. The maximum atomic E-state index is 4.46. The molecule has 0 amide bonds. The third-order valence-electron chi connectivity index (χ3n) is 3.88. The van der Waals surface area contributed by atoms with Gasteiger partial charge >= 0.3 is 0 Å². The predicted octanol–water partition coefficient (Wildman–Crippen LogP) is 4.10. The fourth-order valence-corrected chi connectivity index (χ4v) is 2.63. The van der Waals surface area contributed by atoms with Crippen molar-refractivity contribution in [2.75, 3.05) is 0 Å². The summed E-state index contributed by atoms with van der Waals surface area (Å²) in [5, 5.41) is 8.52. The first-order valence-corrected chi connectivity index (χ1v) is 7.73. The number of rotatable bonds is 3. The van der Waals surface area contributed by atoms with Crippen LogP contribution < -0.4 is 0 Å². The first-order chi connectivity index (χ1) is 11.8. The zero-order chi connectivity index (χ0) is 16.4. The molecular formula is C20H15IrN4-. The zero-order valence-electron chi connectivity index (χ0n) is 13.6. The molecule has 0 N–H and O–H groups in total. The van der Waals surface area contributed by atoms with Crippen LogP contribution in [-0.2, 0) is 20.1 Å². The molecule has 0 saturated carbocycles. The quantitative estimate of drug-likeness (QED) is 0.396. The molecule has 0 unspecified atom stereocenters. The molecule has 25 heavy (non-hydrogen) atoms. The number of pyridine rings is 1. The van der Waals surface area contributed by atoms with E-state index in [1.165, 1.54) is 0 Å². The second kappa shape index (κ2) is 7.51. The van der Waals surface area contributed by atoms with Crippen LogP contribution in [0.3, 0.4) is 0 Å². The fraction of sp³-hybridized carbons (Fsp3) is 0.0500. The van der Waals surface area contributed by atoms with Gasteiger partial charge in [-0.1, -0.05) is 47.2 Å². The van der Waals surface area contributed by atoms with Crippen LogP contribution in [0.2, 0.25) is 0 Å². The van der Waals surface area contributed by atoms with E-state index in [0.29, 0.717) is 0 Å². The van der Waals surface area contributed by atoms with Gasteiger partial charge in [-0.15, -0.1) is 34.9 Å². The molecule has 1 radical (unpaired) electrons. The minimum absolute atomic E-state index is 0. The van der Waals surface area contributed by atoms with Gasteiger partial charge < -0.3 is 4.98 Å². The normalized spacial score (nSPS) is 10.3. The number of aromatic nitrogens is 4. The van der Waals surface area contributed by atoms with Crippen molar-refractivity contribution in [2.45, 2.75) is 6.92 Å². The van der Waals surface area contributed by atoms with E-state index in [1.54, 1.807) is 10.9 Å². The van der Waals surface area contributed by atoms with Crippen molar-refractivity contribution in [3.05, 3.63) is 84.7 Å². The van der Waals surface area contributed by atoms with Gasteiger partial charge in [-0.3, -0.25) is 0 Å². The number of hydrogen-bond donors (Lipinski definition) is 0. The Balaban J connectivity index is 0.00000182. The van der Waals surface area contributed by atoms with E-state index in [1.807, 2.05) is 73.8 Å². The number of nitrogens with zero attached hydrogens (tertiary/aromatic N) is 4. The van der Waals surface area contributed by atoms with E-state index in [4.69, 9.17) is 0 Å². The summed E-state index contributed by atoms with van der Waals surface area (Å²) < 4.78 is 1.78. The summed E-state index contributed by atoms with van der Waals surface area (Å²) in [6.45, 7) is 2.05. The Morgan fingerprint density at radius 1 is 1.00 bits per heavy atom. The molecule has 0 spiro atoms.